The standard InChI is InChI=1S/C18H31NO4/c1-3-22-18-14(10-7-11-20)15(13-8-5-4-6-9-13)12-16(23-18)17(21)19-2/h12-15,18,20H,3-11H2,1-2H3,(H,19,21)/t14-,15+,18+/m0/s1. The van der Waals surface area contributed by atoms with Gasteiger partial charge in [-0.25, -0.2) is 0 Å². The molecule has 3 atom stereocenters. The zero-order valence-electron chi connectivity index (χ0n) is 14.4. The molecule has 0 unspecified atom stereocenters. The Hall–Kier alpha value is -1.07. The Bertz CT molecular complexity index is 404. The largest absolute Gasteiger partial charge is 0.459 e. The van der Waals surface area contributed by atoms with Crippen molar-refractivity contribution in [3.8, 4) is 0 Å². The highest BCUT2D eigenvalue weighted by Crippen LogP contribution is 2.42. The van der Waals surface area contributed by atoms with Crippen molar-refractivity contribution in [3.63, 3.8) is 0 Å². The molecule has 2 aliphatic rings. The number of aliphatic hydroxyl groups excluding tert-OH is 1. The minimum atomic E-state index is -0.393. The van der Waals surface area contributed by atoms with Crippen molar-refractivity contribution < 1.29 is 19.4 Å². The van der Waals surface area contributed by atoms with Crippen molar-refractivity contribution in [1.29, 1.82) is 0 Å². The second-order valence-corrected chi connectivity index (χ2v) is 6.56. The molecule has 0 aromatic heterocycles. The molecule has 1 heterocycles. The average Bonchev–Trinajstić information content (AvgIpc) is 2.60. The normalized spacial score (nSPS) is 28.8. The Morgan fingerprint density at radius 1 is 1.39 bits per heavy atom. The highest BCUT2D eigenvalue weighted by atomic mass is 16.7. The van der Waals surface area contributed by atoms with Crippen LogP contribution in [0.25, 0.3) is 0 Å². The summed E-state index contributed by atoms with van der Waals surface area (Å²) in [5.41, 5.74) is 0. The maximum Gasteiger partial charge on any atom is 0.285 e. The zero-order valence-corrected chi connectivity index (χ0v) is 14.4. The Balaban J connectivity index is 2.24. The van der Waals surface area contributed by atoms with Crippen LogP contribution in [0.4, 0.5) is 0 Å². The number of amides is 1. The number of rotatable bonds is 7. The van der Waals surface area contributed by atoms with Gasteiger partial charge in [0, 0.05) is 26.2 Å². The molecule has 1 fully saturated rings. The van der Waals surface area contributed by atoms with Crippen LogP contribution in [0.2, 0.25) is 0 Å². The Morgan fingerprint density at radius 2 is 2.13 bits per heavy atom. The van der Waals surface area contributed by atoms with Crippen LogP contribution in [-0.2, 0) is 14.3 Å². The van der Waals surface area contributed by atoms with Crippen LogP contribution in [0.15, 0.2) is 11.8 Å². The van der Waals surface area contributed by atoms with E-state index in [1.807, 2.05) is 13.0 Å². The molecule has 1 aliphatic heterocycles. The Kier molecular flexibility index (Phi) is 7.37. The van der Waals surface area contributed by atoms with E-state index in [-0.39, 0.29) is 18.4 Å². The second-order valence-electron chi connectivity index (χ2n) is 6.56. The second kappa shape index (κ2) is 9.28. The van der Waals surface area contributed by atoms with E-state index in [1.54, 1.807) is 7.05 Å². The quantitative estimate of drug-likeness (QED) is 0.755. The van der Waals surface area contributed by atoms with E-state index in [9.17, 15) is 9.90 Å². The number of carbonyl (C=O) groups is 1. The SMILES string of the molecule is CCO[C@@H]1OC(C(=O)NC)=C[C@H](C2CCCCC2)[C@@H]1CCCO. The molecule has 132 valence electrons. The van der Waals surface area contributed by atoms with Gasteiger partial charge in [0.25, 0.3) is 5.91 Å². The van der Waals surface area contributed by atoms with E-state index in [0.717, 1.165) is 12.8 Å². The van der Waals surface area contributed by atoms with Crippen molar-refractivity contribution in [2.75, 3.05) is 20.3 Å². The van der Waals surface area contributed by atoms with Gasteiger partial charge in [-0.1, -0.05) is 19.3 Å². The van der Waals surface area contributed by atoms with Crippen LogP contribution in [0.3, 0.4) is 0 Å². The summed E-state index contributed by atoms with van der Waals surface area (Å²) >= 11 is 0. The fourth-order valence-corrected chi connectivity index (χ4v) is 3.97. The molecular formula is C18H31NO4. The summed E-state index contributed by atoms with van der Waals surface area (Å²) in [5, 5.41) is 11.9. The van der Waals surface area contributed by atoms with Crippen LogP contribution < -0.4 is 5.32 Å². The number of likely N-dealkylation sites (N-methyl/N-ethyl adjacent to an activating group) is 1. The van der Waals surface area contributed by atoms with Crippen LogP contribution in [-0.4, -0.2) is 37.6 Å². The van der Waals surface area contributed by atoms with Crippen molar-refractivity contribution in [1.82, 2.24) is 5.32 Å². The molecule has 1 aliphatic carbocycles. The lowest BCUT2D eigenvalue weighted by Gasteiger charge is -2.41. The lowest BCUT2D eigenvalue weighted by Crippen LogP contribution is -2.41. The van der Waals surface area contributed by atoms with E-state index in [1.165, 1.54) is 32.1 Å². The van der Waals surface area contributed by atoms with Gasteiger partial charge in [0.05, 0.1) is 0 Å². The van der Waals surface area contributed by atoms with Gasteiger partial charge in [0.15, 0.2) is 5.76 Å². The smallest absolute Gasteiger partial charge is 0.285 e. The molecule has 0 aromatic rings. The third-order valence-electron chi connectivity index (χ3n) is 5.10. The molecule has 1 saturated carbocycles. The first-order valence-corrected chi connectivity index (χ1v) is 9.04. The lowest BCUT2D eigenvalue weighted by atomic mass is 9.71. The molecule has 5 heteroatoms. The van der Waals surface area contributed by atoms with E-state index in [2.05, 4.69) is 5.32 Å². The van der Waals surface area contributed by atoms with Gasteiger partial charge in [-0.3, -0.25) is 4.79 Å². The maximum absolute atomic E-state index is 12.1. The zero-order chi connectivity index (χ0) is 16.7. The minimum absolute atomic E-state index is 0.179. The molecule has 0 saturated heterocycles. The van der Waals surface area contributed by atoms with Gasteiger partial charge >= 0.3 is 0 Å². The number of hydrogen-bond donors (Lipinski definition) is 2. The molecule has 2 rings (SSSR count). The van der Waals surface area contributed by atoms with Crippen LogP contribution in [0.1, 0.15) is 51.9 Å². The summed E-state index contributed by atoms with van der Waals surface area (Å²) in [6.07, 6.45) is 9.47. The summed E-state index contributed by atoms with van der Waals surface area (Å²) in [6, 6.07) is 0. The van der Waals surface area contributed by atoms with Crippen molar-refractivity contribution in [2.45, 2.75) is 58.2 Å². The van der Waals surface area contributed by atoms with Crippen molar-refractivity contribution in [3.05, 3.63) is 11.8 Å². The Labute approximate surface area is 139 Å². The summed E-state index contributed by atoms with van der Waals surface area (Å²) in [5.74, 6) is 1.29. The first kappa shape index (κ1) is 18.3. The number of carbonyl (C=O) groups excluding carboxylic acids is 1. The van der Waals surface area contributed by atoms with Crippen molar-refractivity contribution in [2.24, 2.45) is 17.8 Å². The summed E-state index contributed by atoms with van der Waals surface area (Å²) in [4.78, 5) is 12.1. The summed E-state index contributed by atoms with van der Waals surface area (Å²) in [7, 11) is 1.62. The van der Waals surface area contributed by atoms with Crippen molar-refractivity contribution >= 4 is 5.91 Å². The van der Waals surface area contributed by atoms with E-state index < -0.39 is 6.29 Å². The molecular weight excluding hydrogens is 294 g/mol. The summed E-state index contributed by atoms with van der Waals surface area (Å²) < 4.78 is 11.7. The molecule has 0 spiro atoms. The Morgan fingerprint density at radius 3 is 2.74 bits per heavy atom. The number of aliphatic hydroxyl groups is 1. The third kappa shape index (κ3) is 4.70. The van der Waals surface area contributed by atoms with E-state index in [4.69, 9.17) is 9.47 Å². The average molecular weight is 325 g/mol. The first-order chi connectivity index (χ1) is 11.2. The van der Waals surface area contributed by atoms with E-state index >= 15 is 0 Å². The van der Waals surface area contributed by atoms with Gasteiger partial charge in [0.1, 0.15) is 0 Å². The predicted octanol–water partition coefficient (Wildman–Crippen LogP) is 2.59. The number of hydrogen-bond acceptors (Lipinski definition) is 4. The van der Waals surface area contributed by atoms with Crippen LogP contribution >= 0.6 is 0 Å². The molecule has 2 N–H and O–H groups in total. The highest BCUT2D eigenvalue weighted by Gasteiger charge is 2.40. The fraction of sp³-hybridized carbons (Fsp3) is 0.833. The van der Waals surface area contributed by atoms with Gasteiger partial charge in [-0.2, -0.15) is 0 Å². The molecule has 23 heavy (non-hydrogen) atoms. The highest BCUT2D eigenvalue weighted by molar-refractivity contribution is 5.91. The van der Waals surface area contributed by atoms with E-state index in [0.29, 0.717) is 24.2 Å². The van der Waals surface area contributed by atoms with Gasteiger partial charge in [0.2, 0.25) is 6.29 Å². The maximum atomic E-state index is 12.1. The predicted molar refractivity (Wildman–Crippen MR) is 88.5 cm³/mol. The third-order valence-corrected chi connectivity index (χ3v) is 5.10. The van der Waals surface area contributed by atoms with Crippen LogP contribution in [0, 0.1) is 17.8 Å². The molecule has 0 radical (unpaired) electrons. The lowest BCUT2D eigenvalue weighted by molar-refractivity contribution is -0.176. The number of allylic oxidation sites excluding steroid dienone is 1. The monoisotopic (exact) mass is 325 g/mol. The fourth-order valence-electron chi connectivity index (χ4n) is 3.97. The summed E-state index contributed by atoms with van der Waals surface area (Å²) in [6.45, 7) is 2.68. The van der Waals surface area contributed by atoms with Crippen LogP contribution in [0.5, 0.6) is 0 Å². The first-order valence-electron chi connectivity index (χ1n) is 9.04. The molecule has 1 amide bonds. The van der Waals surface area contributed by atoms with Gasteiger partial charge < -0.3 is 19.9 Å². The molecule has 5 nitrogen and oxygen atoms in total. The van der Waals surface area contributed by atoms with Gasteiger partial charge in [-0.15, -0.1) is 0 Å². The minimum Gasteiger partial charge on any atom is -0.459 e. The van der Waals surface area contributed by atoms with Gasteiger partial charge in [-0.05, 0) is 50.5 Å². The molecule has 0 bridgehead atoms. The number of ether oxygens (including phenoxy) is 2. The number of nitrogens with one attached hydrogen (secondary N) is 1. The molecule has 0 aromatic carbocycles. The topological polar surface area (TPSA) is 67.8 Å².